The van der Waals surface area contributed by atoms with E-state index in [4.69, 9.17) is 5.11 Å². The maximum atomic E-state index is 9.29. The monoisotopic (exact) mass is 744 g/mol. The Hall–Kier alpha value is 3.73. The van der Waals surface area contributed by atoms with Crippen molar-refractivity contribution in [1.82, 2.24) is 0 Å². The van der Waals surface area contributed by atoms with Gasteiger partial charge in [0.15, 0.2) is 0 Å². The number of hydrogen-bond acceptors (Lipinski definition) is 16. The normalized spacial score (nSPS) is 15.8. The van der Waals surface area contributed by atoms with Crippen molar-refractivity contribution < 1.29 is 158 Å². The molecule has 0 aliphatic heterocycles. The van der Waals surface area contributed by atoms with Crippen LogP contribution in [0.15, 0.2) is 0 Å². The summed E-state index contributed by atoms with van der Waals surface area (Å²) >= 11 is 0. The first kappa shape index (κ1) is 42.8. The Morgan fingerprint density at radius 2 is 0.560 bits per heavy atom. The van der Waals surface area contributed by atoms with E-state index < -0.39 is 49.5 Å². The van der Waals surface area contributed by atoms with Crippen LogP contribution in [-0.2, 0) is 40.3 Å². The average Bonchev–Trinajstić information content (AvgIpc) is 2.26. The van der Waals surface area contributed by atoms with Gasteiger partial charge in [0, 0.05) is 7.11 Å². The largest absolute Gasteiger partial charge is 3.00 e. The number of aliphatic hydroxyl groups is 1. The van der Waals surface area contributed by atoms with Gasteiger partial charge in [0.05, 0.1) is 0 Å². The van der Waals surface area contributed by atoms with Gasteiger partial charge in [-0.15, -0.1) is 0 Å². The molecule has 0 saturated heterocycles. The third kappa shape index (κ3) is 74.2. The molecule has 6 unspecified atom stereocenters. The van der Waals surface area contributed by atoms with Crippen LogP contribution in [-0.4, -0.2) is 12.2 Å². The molecule has 0 amide bonds. The zero-order chi connectivity index (χ0) is 19.6. The topological polar surface area (TPSA) is 289 Å². The van der Waals surface area contributed by atoms with Crippen molar-refractivity contribution in [2.45, 2.75) is 0 Å². The molecule has 0 heterocycles. The van der Waals surface area contributed by atoms with Crippen LogP contribution < -0.4 is 29.4 Å². The molecular formula is CH10Ce2O16P6. The maximum absolute atomic E-state index is 9.29. The fraction of sp³-hybridized carbons (Fsp3) is 1.00. The molecule has 0 spiro atoms. The maximum Gasteiger partial charge on any atom is 3.00 e. The van der Waals surface area contributed by atoms with Crippen LogP contribution in [0.2, 0.25) is 0 Å². The molecule has 16 nitrogen and oxygen atoms in total. The second-order valence-electron chi connectivity index (χ2n) is 1.81. The molecule has 0 bridgehead atoms. The Morgan fingerprint density at radius 1 is 0.480 bits per heavy atom. The summed E-state index contributed by atoms with van der Waals surface area (Å²) in [5, 5.41) is 7.00. The minimum Gasteiger partial charge on any atom is -0.781 e. The van der Waals surface area contributed by atoms with Crippen molar-refractivity contribution in [1.29, 1.82) is 0 Å². The minimum atomic E-state index is -3.51. The predicted octanol–water partition coefficient (Wildman–Crippen LogP) is -4.88. The Labute approximate surface area is 212 Å². The Balaban J connectivity index is -0.0000000496. The third-order valence-corrected chi connectivity index (χ3v) is 4.50. The van der Waals surface area contributed by atoms with Gasteiger partial charge in [-0.1, -0.05) is 0 Å². The van der Waals surface area contributed by atoms with Crippen LogP contribution in [0, 0.1) is 83.5 Å². The Kier molecular flexibility index (Phi) is 55.4. The minimum absolute atomic E-state index is 0. The summed E-state index contributed by atoms with van der Waals surface area (Å²) in [6, 6.07) is 0. The van der Waals surface area contributed by atoms with E-state index in [0.717, 1.165) is 7.11 Å². The molecule has 0 aromatic heterocycles. The zero-order valence-electron chi connectivity index (χ0n) is 11.6. The van der Waals surface area contributed by atoms with Crippen molar-refractivity contribution in [2.75, 3.05) is 7.11 Å². The molecule has 148 valence electrons. The van der Waals surface area contributed by atoms with Gasteiger partial charge in [-0.05, 0) is 0 Å². The van der Waals surface area contributed by atoms with Gasteiger partial charge in [0.25, 0.3) is 0 Å². The van der Waals surface area contributed by atoms with E-state index in [1.807, 2.05) is 0 Å². The molecule has 2 radical (unpaired) electrons. The second kappa shape index (κ2) is 32.4. The van der Waals surface area contributed by atoms with E-state index >= 15 is 0 Å². The van der Waals surface area contributed by atoms with Crippen LogP contribution in [0.4, 0.5) is 0 Å². The molecule has 0 aliphatic carbocycles. The van der Waals surface area contributed by atoms with Gasteiger partial charge in [0.2, 0.25) is 0 Å². The SMILES string of the molecule is CO.O=[PH]([O-])O[PH](=O)[O-].O=[PH]([O-])O[PH](=O)[O-].O=[PH]([O-])O[PH](=O)[O-].[Ce+3].[Ce+3]. The first-order chi connectivity index (χ1) is 10.4. The fourth-order valence-corrected chi connectivity index (χ4v) is 1.84. The summed E-state index contributed by atoms with van der Waals surface area (Å²) in [7, 11) is -20.1. The quantitative estimate of drug-likeness (QED) is 0.249. The van der Waals surface area contributed by atoms with Gasteiger partial charge in [-0.25, -0.2) is 0 Å². The molecule has 6 atom stereocenters. The molecule has 1 N–H and O–H groups in total. The number of rotatable bonds is 6. The molecule has 24 heteroatoms. The van der Waals surface area contributed by atoms with Crippen molar-refractivity contribution in [3.63, 3.8) is 0 Å². The summed E-state index contributed by atoms with van der Waals surface area (Å²) in [5.74, 6) is 0. The molecule has 0 aliphatic rings. The molecular weight excluding hydrogens is 734 g/mol. The van der Waals surface area contributed by atoms with E-state index in [1.165, 1.54) is 0 Å². The van der Waals surface area contributed by atoms with Crippen molar-refractivity contribution in [3.05, 3.63) is 0 Å². The molecule has 0 aromatic rings. The molecule has 0 fully saturated rings. The summed E-state index contributed by atoms with van der Waals surface area (Å²) in [4.78, 5) is 55.7. The van der Waals surface area contributed by atoms with Gasteiger partial charge >= 0.3 is 83.5 Å². The smallest absolute Gasteiger partial charge is 0.781 e. The third-order valence-electron chi connectivity index (χ3n) is 0.500. The summed E-state index contributed by atoms with van der Waals surface area (Å²) in [6.07, 6.45) is 0. The fourth-order valence-electron chi connectivity index (χ4n) is 0.204. The van der Waals surface area contributed by atoms with Crippen LogP contribution in [0.25, 0.3) is 0 Å². The number of aliphatic hydroxyl groups excluding tert-OH is 1. The van der Waals surface area contributed by atoms with Gasteiger partial charge in [-0.3, -0.25) is 12.9 Å². The number of hydrogen-bond donors (Lipinski definition) is 1. The van der Waals surface area contributed by atoms with Crippen LogP contribution in [0.3, 0.4) is 0 Å². The summed E-state index contributed by atoms with van der Waals surface area (Å²) in [5.41, 5.74) is 0. The van der Waals surface area contributed by atoms with Crippen LogP contribution >= 0.6 is 49.5 Å². The van der Waals surface area contributed by atoms with Gasteiger partial charge in [-0.2, -0.15) is 0 Å². The van der Waals surface area contributed by atoms with E-state index in [0.29, 0.717) is 0 Å². The first-order valence-electron chi connectivity index (χ1n) is 4.12. The van der Waals surface area contributed by atoms with E-state index in [2.05, 4.69) is 12.9 Å². The van der Waals surface area contributed by atoms with E-state index in [-0.39, 0.29) is 83.5 Å². The van der Waals surface area contributed by atoms with Gasteiger partial charge in [0.1, 0.15) is 49.5 Å². The predicted molar refractivity (Wildman–Crippen MR) is 65.4 cm³/mol. The average molecular weight is 744 g/mol. The molecule has 0 saturated carbocycles. The van der Waals surface area contributed by atoms with Crippen LogP contribution in [0.5, 0.6) is 0 Å². The Bertz CT molecular complexity index is 325. The molecule has 0 rings (SSSR count). The van der Waals surface area contributed by atoms with Crippen LogP contribution in [0.1, 0.15) is 0 Å². The summed E-state index contributed by atoms with van der Waals surface area (Å²) < 4.78 is 65.4. The molecule has 0 aromatic carbocycles. The van der Waals surface area contributed by atoms with E-state index in [1.54, 1.807) is 0 Å². The first-order valence-corrected chi connectivity index (χ1v) is 11.5. The van der Waals surface area contributed by atoms with E-state index in [9.17, 15) is 56.8 Å². The second-order valence-corrected chi connectivity index (χ2v) is 7.26. The molecule has 25 heavy (non-hydrogen) atoms. The Morgan fingerprint density at radius 3 is 0.560 bits per heavy atom. The standard InChI is InChI=1S/CH4O.2Ce.3H4O5P2/c1-2;;;3*1-6(2)5-7(3)4/h2H,1H3;;;3*6-7H,(H,1,2)(H,3,4)/q;2*+3;;;/p-6. The van der Waals surface area contributed by atoms with Crippen molar-refractivity contribution >= 4 is 49.5 Å². The van der Waals surface area contributed by atoms with Crippen molar-refractivity contribution in [2.24, 2.45) is 0 Å². The van der Waals surface area contributed by atoms with Crippen molar-refractivity contribution in [3.8, 4) is 0 Å². The summed E-state index contributed by atoms with van der Waals surface area (Å²) in [6.45, 7) is 0. The zero-order valence-corrected chi connectivity index (χ0v) is 23.9. The van der Waals surface area contributed by atoms with Gasteiger partial charge < -0.3 is 61.9 Å².